The van der Waals surface area contributed by atoms with E-state index in [-0.39, 0.29) is 17.6 Å². The zero-order valence-electron chi connectivity index (χ0n) is 12.3. The Hall–Kier alpha value is -2.79. The van der Waals surface area contributed by atoms with E-state index in [9.17, 15) is 9.90 Å². The van der Waals surface area contributed by atoms with Crippen LogP contribution >= 0.6 is 0 Å². The maximum absolute atomic E-state index is 11.9. The fourth-order valence-electron chi connectivity index (χ4n) is 1.55. The number of amides is 1. The highest BCUT2D eigenvalue weighted by Crippen LogP contribution is 2.07. The zero-order valence-corrected chi connectivity index (χ0v) is 12.3. The van der Waals surface area contributed by atoms with Crippen LogP contribution in [0.3, 0.4) is 0 Å². The lowest BCUT2D eigenvalue weighted by molar-refractivity contribution is 0.0926. The Morgan fingerprint density at radius 1 is 1.55 bits per heavy atom. The van der Waals surface area contributed by atoms with Crippen LogP contribution in [0.25, 0.3) is 0 Å². The van der Waals surface area contributed by atoms with Crippen LogP contribution in [0.15, 0.2) is 16.5 Å². The normalized spacial score (nSPS) is 10.9. The number of aromatic nitrogens is 3. The van der Waals surface area contributed by atoms with E-state index in [4.69, 9.17) is 10.2 Å². The van der Waals surface area contributed by atoms with Crippen molar-refractivity contribution in [3.8, 4) is 11.8 Å². The van der Waals surface area contributed by atoms with Crippen molar-refractivity contribution in [1.82, 2.24) is 20.5 Å². The molecule has 0 aliphatic heterocycles. The van der Waals surface area contributed by atoms with Gasteiger partial charge in [0, 0.05) is 13.0 Å². The maximum atomic E-state index is 11.9. The van der Waals surface area contributed by atoms with Gasteiger partial charge in [0.15, 0.2) is 11.5 Å². The van der Waals surface area contributed by atoms with Crippen LogP contribution in [0.5, 0.6) is 0 Å². The van der Waals surface area contributed by atoms with Crippen molar-refractivity contribution in [2.24, 2.45) is 0 Å². The standard InChI is InChI=1S/C14H17N5O3/c1-14(2,21)7-5-9-3-4-10(22-9)12(20)16-8-6-11-17-13(15)19-18-11/h3-4,21H,6,8H2,1-2H3,(H,16,20)(H3,15,17,18,19). The Morgan fingerprint density at radius 2 is 2.32 bits per heavy atom. The molecule has 2 heterocycles. The van der Waals surface area contributed by atoms with Crippen LogP contribution in [-0.4, -0.2) is 38.3 Å². The third kappa shape index (κ3) is 4.64. The second-order valence-electron chi connectivity index (χ2n) is 5.12. The SMILES string of the molecule is CC(C)(O)C#Cc1ccc(C(=O)NCCc2nc(N)n[nH]2)o1. The number of carbonyl (C=O) groups is 1. The molecule has 0 aliphatic carbocycles. The molecular formula is C14H17N5O3. The van der Waals surface area contributed by atoms with Gasteiger partial charge in [-0.3, -0.25) is 9.89 Å². The Balaban J connectivity index is 1.87. The van der Waals surface area contributed by atoms with E-state index in [0.717, 1.165) is 0 Å². The lowest BCUT2D eigenvalue weighted by Gasteiger charge is -2.05. The second-order valence-corrected chi connectivity index (χ2v) is 5.12. The molecule has 5 N–H and O–H groups in total. The first-order chi connectivity index (χ1) is 10.3. The van der Waals surface area contributed by atoms with Crippen molar-refractivity contribution in [3.05, 3.63) is 29.5 Å². The molecule has 0 saturated carbocycles. The van der Waals surface area contributed by atoms with E-state index in [0.29, 0.717) is 24.6 Å². The summed E-state index contributed by atoms with van der Waals surface area (Å²) in [4.78, 5) is 15.8. The molecule has 0 saturated heterocycles. The van der Waals surface area contributed by atoms with Crippen LogP contribution in [0, 0.1) is 11.8 Å². The number of furan rings is 1. The van der Waals surface area contributed by atoms with E-state index in [1.807, 2.05) is 0 Å². The second kappa shape index (κ2) is 6.32. The van der Waals surface area contributed by atoms with Gasteiger partial charge in [-0.15, -0.1) is 5.10 Å². The molecule has 0 unspecified atom stereocenters. The van der Waals surface area contributed by atoms with Gasteiger partial charge in [0.2, 0.25) is 5.95 Å². The first kappa shape index (κ1) is 15.6. The number of aromatic amines is 1. The van der Waals surface area contributed by atoms with Crippen LogP contribution < -0.4 is 11.1 Å². The third-order valence-electron chi connectivity index (χ3n) is 2.52. The molecule has 0 spiro atoms. The van der Waals surface area contributed by atoms with Crippen molar-refractivity contribution in [3.63, 3.8) is 0 Å². The number of H-pyrrole nitrogens is 1. The van der Waals surface area contributed by atoms with Gasteiger partial charge < -0.3 is 20.6 Å². The van der Waals surface area contributed by atoms with Gasteiger partial charge in [-0.05, 0) is 31.9 Å². The highest BCUT2D eigenvalue weighted by Gasteiger charge is 2.11. The monoisotopic (exact) mass is 303 g/mol. The molecule has 0 bridgehead atoms. The molecule has 8 nitrogen and oxygen atoms in total. The molecule has 22 heavy (non-hydrogen) atoms. The summed E-state index contributed by atoms with van der Waals surface area (Å²) in [6.45, 7) is 3.48. The predicted octanol–water partition coefficient (Wildman–Crippen LogP) is 0.0748. The van der Waals surface area contributed by atoms with Gasteiger partial charge >= 0.3 is 0 Å². The van der Waals surface area contributed by atoms with Gasteiger partial charge in [-0.1, -0.05) is 5.92 Å². The average molecular weight is 303 g/mol. The summed E-state index contributed by atoms with van der Waals surface area (Å²) in [7, 11) is 0. The molecule has 8 heteroatoms. The largest absolute Gasteiger partial charge is 0.443 e. The molecule has 2 aromatic heterocycles. The number of rotatable bonds is 4. The number of nitrogens with one attached hydrogen (secondary N) is 2. The van der Waals surface area contributed by atoms with Crippen LogP contribution in [0.4, 0.5) is 5.95 Å². The Morgan fingerprint density at radius 3 is 2.95 bits per heavy atom. The Bertz CT molecular complexity index is 715. The van der Waals surface area contributed by atoms with E-state index < -0.39 is 5.60 Å². The first-order valence-corrected chi connectivity index (χ1v) is 6.64. The van der Waals surface area contributed by atoms with Gasteiger partial charge in [0.25, 0.3) is 5.91 Å². The van der Waals surface area contributed by atoms with Crippen LogP contribution in [0.2, 0.25) is 0 Å². The molecule has 0 fully saturated rings. The van der Waals surface area contributed by atoms with Crippen molar-refractivity contribution in [2.75, 3.05) is 12.3 Å². The molecule has 0 radical (unpaired) electrons. The number of nitrogen functional groups attached to an aromatic ring is 1. The summed E-state index contributed by atoms with van der Waals surface area (Å²) in [5.41, 5.74) is 4.26. The van der Waals surface area contributed by atoms with Gasteiger partial charge in [0.1, 0.15) is 11.4 Å². The van der Waals surface area contributed by atoms with Crippen molar-refractivity contribution < 1.29 is 14.3 Å². The predicted molar refractivity (Wildman–Crippen MR) is 78.7 cm³/mol. The van der Waals surface area contributed by atoms with Gasteiger partial charge in [0.05, 0.1) is 0 Å². The molecule has 0 aromatic carbocycles. The summed E-state index contributed by atoms with van der Waals surface area (Å²) in [5, 5.41) is 18.5. The molecule has 116 valence electrons. The highest BCUT2D eigenvalue weighted by atomic mass is 16.3. The summed E-state index contributed by atoms with van der Waals surface area (Å²) in [5.74, 6) is 6.14. The number of nitrogens with zero attached hydrogens (tertiary/aromatic N) is 2. The van der Waals surface area contributed by atoms with Crippen LogP contribution in [-0.2, 0) is 6.42 Å². The molecule has 2 rings (SSSR count). The van der Waals surface area contributed by atoms with E-state index >= 15 is 0 Å². The molecular weight excluding hydrogens is 286 g/mol. The Labute approximate surface area is 127 Å². The molecule has 0 aliphatic rings. The number of nitrogens with two attached hydrogens (primary N) is 1. The molecule has 1 amide bonds. The van der Waals surface area contributed by atoms with Crippen molar-refractivity contribution in [1.29, 1.82) is 0 Å². The highest BCUT2D eigenvalue weighted by molar-refractivity contribution is 5.91. The van der Waals surface area contributed by atoms with E-state index in [1.165, 1.54) is 6.07 Å². The quantitative estimate of drug-likeness (QED) is 0.592. The fraction of sp³-hybridized carbons (Fsp3) is 0.357. The van der Waals surface area contributed by atoms with E-state index in [1.54, 1.807) is 19.9 Å². The number of aliphatic hydroxyl groups is 1. The lowest BCUT2D eigenvalue weighted by Crippen LogP contribution is -2.25. The van der Waals surface area contributed by atoms with Crippen molar-refractivity contribution in [2.45, 2.75) is 25.9 Å². The van der Waals surface area contributed by atoms with Gasteiger partial charge in [-0.25, -0.2) is 0 Å². The first-order valence-electron chi connectivity index (χ1n) is 6.64. The average Bonchev–Trinajstić information content (AvgIpc) is 3.05. The number of hydrogen-bond donors (Lipinski definition) is 4. The summed E-state index contributed by atoms with van der Waals surface area (Å²) >= 11 is 0. The third-order valence-corrected chi connectivity index (χ3v) is 2.52. The van der Waals surface area contributed by atoms with Gasteiger partial charge in [-0.2, -0.15) is 4.98 Å². The van der Waals surface area contributed by atoms with Crippen molar-refractivity contribution >= 4 is 11.9 Å². The van der Waals surface area contributed by atoms with Crippen LogP contribution in [0.1, 0.15) is 36.0 Å². The lowest BCUT2D eigenvalue weighted by atomic mass is 10.1. The summed E-state index contributed by atoms with van der Waals surface area (Å²) < 4.78 is 5.30. The summed E-state index contributed by atoms with van der Waals surface area (Å²) in [6.07, 6.45) is 0.474. The Kier molecular flexibility index (Phi) is 4.48. The molecule has 2 aromatic rings. The smallest absolute Gasteiger partial charge is 0.287 e. The van der Waals surface area contributed by atoms with E-state index in [2.05, 4.69) is 32.3 Å². The zero-order chi connectivity index (χ0) is 16.2. The number of hydrogen-bond acceptors (Lipinski definition) is 6. The number of carbonyl (C=O) groups excluding carboxylic acids is 1. The summed E-state index contributed by atoms with van der Waals surface area (Å²) in [6, 6.07) is 3.10. The fourth-order valence-corrected chi connectivity index (χ4v) is 1.55. The molecule has 0 atom stereocenters. The minimum Gasteiger partial charge on any atom is -0.443 e. The minimum atomic E-state index is -1.12. The topological polar surface area (TPSA) is 130 Å². The maximum Gasteiger partial charge on any atom is 0.287 e. The minimum absolute atomic E-state index is 0.150. The number of anilines is 1.